The lowest BCUT2D eigenvalue weighted by atomic mass is 9.80. The van der Waals surface area contributed by atoms with Gasteiger partial charge in [-0.3, -0.25) is 5.41 Å². The molecule has 0 heterocycles. The van der Waals surface area contributed by atoms with Gasteiger partial charge in [-0.1, -0.05) is 24.3 Å². The molecule has 0 bridgehead atoms. The summed E-state index contributed by atoms with van der Waals surface area (Å²) in [5.74, 6) is 0.690. The number of thioether (sulfide) groups is 1. The van der Waals surface area contributed by atoms with Crippen LogP contribution in [0.5, 0.6) is 0 Å². The highest BCUT2D eigenvalue weighted by molar-refractivity contribution is 8.13. The zero-order valence-electron chi connectivity index (χ0n) is 7.90. The SMILES string of the molecule is CC(=N)SCc1cccc(B(O)O)c1. The lowest BCUT2D eigenvalue weighted by Crippen LogP contribution is -2.29. The quantitative estimate of drug-likeness (QED) is 0.388. The van der Waals surface area contributed by atoms with Crippen LogP contribution in [-0.2, 0) is 5.75 Å². The molecule has 1 rings (SSSR count). The van der Waals surface area contributed by atoms with Crippen molar-refractivity contribution < 1.29 is 10.0 Å². The van der Waals surface area contributed by atoms with Crippen molar-refractivity contribution in [2.75, 3.05) is 0 Å². The molecule has 0 aliphatic carbocycles. The molecule has 0 aliphatic rings. The molecule has 0 unspecified atom stereocenters. The minimum atomic E-state index is -1.42. The molecule has 14 heavy (non-hydrogen) atoms. The van der Waals surface area contributed by atoms with E-state index in [9.17, 15) is 0 Å². The van der Waals surface area contributed by atoms with Crippen LogP contribution in [0.1, 0.15) is 12.5 Å². The van der Waals surface area contributed by atoms with Gasteiger partial charge in [0.05, 0.1) is 5.04 Å². The molecule has 3 nitrogen and oxygen atoms in total. The van der Waals surface area contributed by atoms with Crippen molar-refractivity contribution in [3.8, 4) is 0 Å². The van der Waals surface area contributed by atoms with Gasteiger partial charge in [-0.25, -0.2) is 0 Å². The first kappa shape index (κ1) is 11.3. The average Bonchev–Trinajstić information content (AvgIpc) is 2.15. The molecule has 0 spiro atoms. The minimum Gasteiger partial charge on any atom is -0.423 e. The summed E-state index contributed by atoms with van der Waals surface area (Å²) in [6.07, 6.45) is 0. The minimum absolute atomic E-state index is 0.491. The van der Waals surface area contributed by atoms with Crippen LogP contribution in [0.15, 0.2) is 24.3 Å². The smallest absolute Gasteiger partial charge is 0.423 e. The maximum atomic E-state index is 8.93. The monoisotopic (exact) mass is 209 g/mol. The highest BCUT2D eigenvalue weighted by atomic mass is 32.2. The number of hydrogen-bond acceptors (Lipinski definition) is 4. The Balaban J connectivity index is 2.68. The largest absolute Gasteiger partial charge is 0.488 e. The summed E-state index contributed by atoms with van der Waals surface area (Å²) in [5.41, 5.74) is 1.48. The van der Waals surface area contributed by atoms with E-state index in [2.05, 4.69) is 0 Å². The summed E-state index contributed by atoms with van der Waals surface area (Å²) in [4.78, 5) is 0. The Hall–Kier alpha value is -0.775. The molecule has 0 atom stereocenters. The van der Waals surface area contributed by atoms with Crippen molar-refractivity contribution in [2.45, 2.75) is 12.7 Å². The highest BCUT2D eigenvalue weighted by Crippen LogP contribution is 2.11. The molecule has 1 aromatic carbocycles. The standard InChI is InChI=1S/C9H12BNO2S/c1-7(11)14-6-8-3-2-4-9(5-8)10(12)13/h2-5,11-13H,6H2,1H3. The third kappa shape index (κ3) is 3.53. The fourth-order valence-corrected chi connectivity index (χ4v) is 1.60. The van der Waals surface area contributed by atoms with Crippen LogP contribution in [0.25, 0.3) is 0 Å². The van der Waals surface area contributed by atoms with Crippen LogP contribution in [-0.4, -0.2) is 22.2 Å². The average molecular weight is 209 g/mol. The Labute approximate surface area is 87.8 Å². The van der Waals surface area contributed by atoms with E-state index in [4.69, 9.17) is 15.5 Å². The fourth-order valence-electron chi connectivity index (χ4n) is 1.04. The molecule has 3 N–H and O–H groups in total. The Morgan fingerprint density at radius 1 is 1.50 bits per heavy atom. The van der Waals surface area contributed by atoms with Gasteiger partial charge < -0.3 is 10.0 Å². The molecule has 0 aromatic heterocycles. The Morgan fingerprint density at radius 3 is 2.79 bits per heavy atom. The molecule has 0 saturated carbocycles. The normalized spacial score (nSPS) is 9.93. The number of nitrogens with one attached hydrogen (secondary N) is 1. The van der Waals surface area contributed by atoms with Crippen LogP contribution in [0.3, 0.4) is 0 Å². The van der Waals surface area contributed by atoms with E-state index in [0.717, 1.165) is 5.56 Å². The first-order chi connectivity index (χ1) is 6.59. The highest BCUT2D eigenvalue weighted by Gasteiger charge is 2.10. The molecule has 1 aromatic rings. The molecule has 0 saturated heterocycles. The zero-order chi connectivity index (χ0) is 10.6. The summed E-state index contributed by atoms with van der Waals surface area (Å²) in [7, 11) is -1.42. The predicted octanol–water partition coefficient (Wildman–Crippen LogP) is 0.597. The van der Waals surface area contributed by atoms with Gasteiger partial charge in [-0.2, -0.15) is 0 Å². The molecule has 74 valence electrons. The maximum absolute atomic E-state index is 8.93. The van der Waals surface area contributed by atoms with Gasteiger partial charge >= 0.3 is 7.12 Å². The van der Waals surface area contributed by atoms with Crippen molar-refractivity contribution in [2.24, 2.45) is 0 Å². The van der Waals surface area contributed by atoms with E-state index < -0.39 is 7.12 Å². The van der Waals surface area contributed by atoms with Crippen molar-refractivity contribution in [3.63, 3.8) is 0 Å². The van der Waals surface area contributed by atoms with Crippen LogP contribution < -0.4 is 5.46 Å². The lowest BCUT2D eigenvalue weighted by molar-refractivity contribution is 0.425. The summed E-state index contributed by atoms with van der Waals surface area (Å²) in [6.45, 7) is 1.73. The molecule has 0 radical (unpaired) electrons. The maximum Gasteiger partial charge on any atom is 0.488 e. The van der Waals surface area contributed by atoms with Crippen molar-refractivity contribution in [3.05, 3.63) is 29.8 Å². The van der Waals surface area contributed by atoms with E-state index in [-0.39, 0.29) is 0 Å². The summed E-state index contributed by atoms with van der Waals surface area (Å²) in [5, 5.41) is 25.7. The second-order valence-electron chi connectivity index (χ2n) is 2.96. The summed E-state index contributed by atoms with van der Waals surface area (Å²) in [6, 6.07) is 7.09. The van der Waals surface area contributed by atoms with Crippen LogP contribution in [0.2, 0.25) is 0 Å². The van der Waals surface area contributed by atoms with E-state index in [1.54, 1.807) is 25.1 Å². The molecule has 0 amide bonds. The number of rotatable bonds is 3. The van der Waals surface area contributed by atoms with E-state index in [1.165, 1.54) is 11.8 Å². The van der Waals surface area contributed by atoms with Gasteiger partial charge in [0.1, 0.15) is 0 Å². The van der Waals surface area contributed by atoms with Gasteiger partial charge in [0.15, 0.2) is 0 Å². The van der Waals surface area contributed by atoms with Crippen molar-refractivity contribution in [1.82, 2.24) is 0 Å². The summed E-state index contributed by atoms with van der Waals surface area (Å²) >= 11 is 1.42. The third-order valence-electron chi connectivity index (χ3n) is 1.70. The lowest BCUT2D eigenvalue weighted by Gasteiger charge is -2.03. The Kier molecular flexibility index (Phi) is 4.19. The second kappa shape index (κ2) is 5.19. The van der Waals surface area contributed by atoms with Gasteiger partial charge in [0, 0.05) is 5.75 Å². The van der Waals surface area contributed by atoms with Crippen LogP contribution >= 0.6 is 11.8 Å². The number of hydrogen-bond donors (Lipinski definition) is 3. The Bertz CT molecular complexity index is 330. The fraction of sp³-hybridized carbons (Fsp3) is 0.222. The third-order valence-corrected chi connectivity index (χ3v) is 2.62. The van der Waals surface area contributed by atoms with Crippen molar-refractivity contribution in [1.29, 1.82) is 5.41 Å². The predicted molar refractivity (Wildman–Crippen MR) is 61.0 cm³/mol. The number of benzene rings is 1. The Morgan fingerprint density at radius 2 is 2.21 bits per heavy atom. The molecule has 0 aliphatic heterocycles. The van der Waals surface area contributed by atoms with Crippen LogP contribution in [0.4, 0.5) is 0 Å². The molecular formula is C9H12BNO2S. The first-order valence-corrected chi connectivity index (χ1v) is 5.21. The molecular weight excluding hydrogens is 197 g/mol. The summed E-state index contributed by atoms with van der Waals surface area (Å²) < 4.78 is 0. The van der Waals surface area contributed by atoms with Crippen LogP contribution in [0, 0.1) is 5.41 Å². The van der Waals surface area contributed by atoms with E-state index >= 15 is 0 Å². The van der Waals surface area contributed by atoms with Gasteiger partial charge in [-0.05, 0) is 17.9 Å². The van der Waals surface area contributed by atoms with E-state index in [0.29, 0.717) is 16.3 Å². The van der Waals surface area contributed by atoms with Gasteiger partial charge in [0.2, 0.25) is 0 Å². The topological polar surface area (TPSA) is 64.3 Å². The zero-order valence-corrected chi connectivity index (χ0v) is 8.71. The van der Waals surface area contributed by atoms with Gasteiger partial charge in [-0.15, -0.1) is 11.8 Å². The second-order valence-corrected chi connectivity index (χ2v) is 4.15. The van der Waals surface area contributed by atoms with Crippen molar-refractivity contribution >= 4 is 29.4 Å². The molecule has 5 heteroatoms. The first-order valence-electron chi connectivity index (χ1n) is 4.22. The molecule has 0 fully saturated rings. The van der Waals surface area contributed by atoms with E-state index in [1.807, 2.05) is 6.07 Å². The van der Waals surface area contributed by atoms with Gasteiger partial charge in [0.25, 0.3) is 0 Å².